The van der Waals surface area contributed by atoms with Gasteiger partial charge in [-0.2, -0.15) is 0 Å². The van der Waals surface area contributed by atoms with Gasteiger partial charge in [0.05, 0.1) is 11.5 Å². The Morgan fingerprint density at radius 1 is 1.10 bits per heavy atom. The molecule has 0 radical (unpaired) electrons. The minimum absolute atomic E-state index is 0.0585. The highest BCUT2D eigenvalue weighted by Crippen LogP contribution is 2.33. The Morgan fingerprint density at radius 2 is 1.86 bits per heavy atom. The second-order valence-corrected chi connectivity index (χ2v) is 4.65. The molecule has 2 rings (SSSR count). The van der Waals surface area contributed by atoms with Crippen LogP contribution in [-0.4, -0.2) is 18.1 Å². The number of non-ortho nitro benzene ring substituents is 1. The molecule has 5 heteroatoms. The Balaban J connectivity index is 2.28. The van der Waals surface area contributed by atoms with E-state index in [1.54, 1.807) is 12.1 Å². The van der Waals surface area contributed by atoms with Gasteiger partial charge in [-0.15, -0.1) is 0 Å². The van der Waals surface area contributed by atoms with Gasteiger partial charge in [0.1, 0.15) is 5.75 Å². The molecule has 0 aromatic heterocycles. The van der Waals surface area contributed by atoms with Gasteiger partial charge in [-0.3, -0.25) is 10.1 Å². The van der Waals surface area contributed by atoms with E-state index in [1.165, 1.54) is 6.07 Å². The van der Waals surface area contributed by atoms with E-state index in [2.05, 4.69) is 0 Å². The molecule has 0 saturated carbocycles. The third-order valence-corrected chi connectivity index (χ3v) is 3.11. The van der Waals surface area contributed by atoms with Crippen molar-refractivity contribution in [2.75, 3.05) is 13.2 Å². The van der Waals surface area contributed by atoms with E-state index in [0.717, 1.165) is 24.0 Å². The molecule has 0 amide bonds. The number of hydrogen-bond donors (Lipinski definition) is 1. The Bertz CT molecular complexity index is 600. The summed E-state index contributed by atoms with van der Waals surface area (Å²) in [6, 6.07) is 14.2. The number of rotatable bonds is 7. The SMILES string of the molecule is NCCCCOc1ccc([N+](=O)[O-])cc1-c1ccccc1. The zero-order valence-corrected chi connectivity index (χ0v) is 11.7. The minimum atomic E-state index is -0.398. The maximum absolute atomic E-state index is 10.9. The molecule has 0 aliphatic rings. The topological polar surface area (TPSA) is 78.4 Å². The smallest absolute Gasteiger partial charge is 0.270 e. The van der Waals surface area contributed by atoms with Crippen LogP contribution in [0.3, 0.4) is 0 Å². The first-order chi connectivity index (χ1) is 10.2. The van der Waals surface area contributed by atoms with Crippen LogP contribution in [-0.2, 0) is 0 Å². The van der Waals surface area contributed by atoms with Crippen molar-refractivity contribution in [3.05, 3.63) is 58.6 Å². The molecule has 0 aliphatic carbocycles. The van der Waals surface area contributed by atoms with Gasteiger partial charge < -0.3 is 10.5 Å². The predicted molar refractivity (Wildman–Crippen MR) is 82.3 cm³/mol. The van der Waals surface area contributed by atoms with E-state index in [4.69, 9.17) is 10.5 Å². The van der Waals surface area contributed by atoms with E-state index in [0.29, 0.717) is 18.9 Å². The summed E-state index contributed by atoms with van der Waals surface area (Å²) in [5.74, 6) is 0.656. The van der Waals surface area contributed by atoms with Crippen LogP contribution in [0.15, 0.2) is 48.5 Å². The van der Waals surface area contributed by atoms with Crippen LogP contribution in [0, 0.1) is 10.1 Å². The van der Waals surface area contributed by atoms with Crippen molar-refractivity contribution in [1.82, 2.24) is 0 Å². The summed E-state index contributed by atoms with van der Waals surface area (Å²) in [5, 5.41) is 10.9. The zero-order valence-electron chi connectivity index (χ0n) is 11.7. The fraction of sp³-hybridized carbons (Fsp3) is 0.250. The lowest BCUT2D eigenvalue weighted by atomic mass is 10.0. The Morgan fingerprint density at radius 3 is 2.52 bits per heavy atom. The molecule has 2 aromatic rings. The first-order valence-corrected chi connectivity index (χ1v) is 6.89. The van der Waals surface area contributed by atoms with Gasteiger partial charge in [-0.1, -0.05) is 30.3 Å². The van der Waals surface area contributed by atoms with Crippen LogP contribution < -0.4 is 10.5 Å². The molecule has 2 N–H and O–H groups in total. The maximum atomic E-state index is 10.9. The second-order valence-electron chi connectivity index (χ2n) is 4.65. The normalized spacial score (nSPS) is 10.3. The standard InChI is InChI=1S/C16H18N2O3/c17-10-4-5-11-21-16-9-8-14(18(19)20)12-15(16)13-6-2-1-3-7-13/h1-3,6-9,12H,4-5,10-11,17H2. The van der Waals surface area contributed by atoms with Crippen molar-refractivity contribution in [2.24, 2.45) is 5.73 Å². The summed E-state index contributed by atoms with van der Waals surface area (Å²) in [4.78, 5) is 10.5. The van der Waals surface area contributed by atoms with Gasteiger partial charge in [-0.25, -0.2) is 0 Å². The van der Waals surface area contributed by atoms with Crippen LogP contribution in [0.4, 0.5) is 5.69 Å². The minimum Gasteiger partial charge on any atom is -0.493 e. The molecule has 2 aromatic carbocycles. The molecule has 0 heterocycles. The van der Waals surface area contributed by atoms with Gasteiger partial charge in [0, 0.05) is 17.7 Å². The third-order valence-electron chi connectivity index (χ3n) is 3.11. The molecular weight excluding hydrogens is 268 g/mol. The van der Waals surface area contributed by atoms with Gasteiger partial charge in [0.25, 0.3) is 5.69 Å². The quantitative estimate of drug-likeness (QED) is 0.481. The summed E-state index contributed by atoms with van der Waals surface area (Å²) < 4.78 is 5.75. The van der Waals surface area contributed by atoms with Crippen LogP contribution in [0.5, 0.6) is 5.75 Å². The van der Waals surface area contributed by atoms with E-state index < -0.39 is 4.92 Å². The molecule has 21 heavy (non-hydrogen) atoms. The highest BCUT2D eigenvalue weighted by atomic mass is 16.6. The summed E-state index contributed by atoms with van der Waals surface area (Å²) in [6.07, 6.45) is 1.76. The Labute approximate surface area is 123 Å². The van der Waals surface area contributed by atoms with Crippen LogP contribution in [0.1, 0.15) is 12.8 Å². The number of nitrogens with zero attached hydrogens (tertiary/aromatic N) is 1. The van der Waals surface area contributed by atoms with Gasteiger partial charge in [0.2, 0.25) is 0 Å². The van der Waals surface area contributed by atoms with Crippen molar-refractivity contribution in [3.8, 4) is 16.9 Å². The largest absolute Gasteiger partial charge is 0.493 e. The van der Waals surface area contributed by atoms with Gasteiger partial charge in [0.15, 0.2) is 0 Å². The van der Waals surface area contributed by atoms with Crippen molar-refractivity contribution >= 4 is 5.69 Å². The lowest BCUT2D eigenvalue weighted by Crippen LogP contribution is -2.04. The molecule has 5 nitrogen and oxygen atoms in total. The third kappa shape index (κ3) is 4.03. The predicted octanol–water partition coefficient (Wildman–Crippen LogP) is 3.38. The van der Waals surface area contributed by atoms with Crippen molar-refractivity contribution in [1.29, 1.82) is 0 Å². The van der Waals surface area contributed by atoms with Crippen LogP contribution in [0.2, 0.25) is 0 Å². The Hall–Kier alpha value is -2.40. The summed E-state index contributed by atoms with van der Waals surface area (Å²) in [6.45, 7) is 1.18. The van der Waals surface area contributed by atoms with E-state index >= 15 is 0 Å². The van der Waals surface area contributed by atoms with Crippen LogP contribution in [0.25, 0.3) is 11.1 Å². The molecule has 0 aliphatic heterocycles. The molecule has 0 fully saturated rings. The lowest BCUT2D eigenvalue weighted by molar-refractivity contribution is -0.384. The van der Waals surface area contributed by atoms with E-state index in [-0.39, 0.29) is 5.69 Å². The zero-order chi connectivity index (χ0) is 15.1. The second kappa shape index (κ2) is 7.40. The van der Waals surface area contributed by atoms with E-state index in [1.807, 2.05) is 30.3 Å². The Kier molecular flexibility index (Phi) is 5.29. The van der Waals surface area contributed by atoms with E-state index in [9.17, 15) is 10.1 Å². The number of nitro benzene ring substituents is 1. The highest BCUT2D eigenvalue weighted by molar-refractivity contribution is 5.72. The molecule has 0 atom stereocenters. The van der Waals surface area contributed by atoms with Crippen molar-refractivity contribution in [2.45, 2.75) is 12.8 Å². The summed E-state index contributed by atoms with van der Waals surface area (Å²) in [5.41, 5.74) is 7.14. The molecule has 0 bridgehead atoms. The van der Waals surface area contributed by atoms with Crippen LogP contribution >= 0.6 is 0 Å². The fourth-order valence-electron chi connectivity index (χ4n) is 2.03. The van der Waals surface area contributed by atoms with Crippen molar-refractivity contribution < 1.29 is 9.66 Å². The molecule has 110 valence electrons. The number of unbranched alkanes of at least 4 members (excludes halogenated alkanes) is 1. The molecular formula is C16H18N2O3. The average Bonchev–Trinajstić information content (AvgIpc) is 2.52. The first-order valence-electron chi connectivity index (χ1n) is 6.89. The lowest BCUT2D eigenvalue weighted by Gasteiger charge is -2.11. The summed E-state index contributed by atoms with van der Waals surface area (Å²) >= 11 is 0. The highest BCUT2D eigenvalue weighted by Gasteiger charge is 2.13. The number of benzene rings is 2. The number of ether oxygens (including phenoxy) is 1. The first kappa shape index (κ1) is 15.0. The fourth-order valence-corrected chi connectivity index (χ4v) is 2.03. The molecule has 0 unspecified atom stereocenters. The number of hydrogen-bond acceptors (Lipinski definition) is 4. The maximum Gasteiger partial charge on any atom is 0.270 e. The molecule has 0 spiro atoms. The number of nitro groups is 1. The monoisotopic (exact) mass is 286 g/mol. The molecule has 0 saturated heterocycles. The average molecular weight is 286 g/mol. The van der Waals surface area contributed by atoms with Crippen molar-refractivity contribution in [3.63, 3.8) is 0 Å². The summed E-state index contributed by atoms with van der Waals surface area (Å²) in [7, 11) is 0. The van der Waals surface area contributed by atoms with Gasteiger partial charge >= 0.3 is 0 Å². The number of nitrogens with two attached hydrogens (primary N) is 1. The van der Waals surface area contributed by atoms with Gasteiger partial charge in [-0.05, 0) is 31.0 Å².